The van der Waals surface area contributed by atoms with Crippen LogP contribution in [0.15, 0.2) is 103 Å². The van der Waals surface area contributed by atoms with Crippen molar-refractivity contribution in [2.75, 3.05) is 10.6 Å². The van der Waals surface area contributed by atoms with Crippen molar-refractivity contribution < 1.29 is 4.79 Å². The molecule has 0 radical (unpaired) electrons. The van der Waals surface area contributed by atoms with Gasteiger partial charge in [0.1, 0.15) is 0 Å². The Morgan fingerprint density at radius 1 is 0.875 bits per heavy atom. The van der Waals surface area contributed by atoms with Crippen LogP contribution in [0, 0.1) is 0 Å². The Labute approximate surface area is 190 Å². The zero-order valence-corrected chi connectivity index (χ0v) is 18.1. The summed E-state index contributed by atoms with van der Waals surface area (Å²) >= 11 is 1.52. The van der Waals surface area contributed by atoms with Crippen molar-refractivity contribution in [3.63, 3.8) is 0 Å². The molecule has 5 heteroatoms. The molecule has 0 saturated heterocycles. The van der Waals surface area contributed by atoms with E-state index in [0.29, 0.717) is 12.2 Å². The first kappa shape index (κ1) is 20.0. The highest BCUT2D eigenvalue weighted by Crippen LogP contribution is 2.29. The Kier molecular flexibility index (Phi) is 5.40. The SMILES string of the molecule is Nc1ccc(N(Cc2ccc(-c3cccnc3)cc2)C(=O)c2cc3ccccc3s2)cc1. The zero-order valence-electron chi connectivity index (χ0n) is 17.3. The lowest BCUT2D eigenvalue weighted by molar-refractivity contribution is 0.0989. The Balaban J connectivity index is 1.47. The molecule has 0 atom stereocenters. The number of nitrogen functional groups attached to an aromatic ring is 1. The smallest absolute Gasteiger partial charge is 0.268 e. The van der Waals surface area contributed by atoms with Gasteiger partial charge in [-0.2, -0.15) is 0 Å². The Morgan fingerprint density at radius 3 is 2.38 bits per heavy atom. The number of anilines is 2. The maximum absolute atomic E-state index is 13.6. The predicted molar refractivity (Wildman–Crippen MR) is 133 cm³/mol. The van der Waals surface area contributed by atoms with E-state index in [0.717, 1.165) is 37.3 Å². The van der Waals surface area contributed by atoms with E-state index in [1.807, 2.05) is 77.8 Å². The van der Waals surface area contributed by atoms with Gasteiger partial charge in [-0.15, -0.1) is 11.3 Å². The van der Waals surface area contributed by atoms with Gasteiger partial charge in [-0.3, -0.25) is 9.78 Å². The summed E-state index contributed by atoms with van der Waals surface area (Å²) in [5.74, 6) is -0.0210. The molecule has 0 aliphatic rings. The number of carbonyl (C=O) groups excluding carboxylic acids is 1. The van der Waals surface area contributed by atoms with E-state index in [1.54, 1.807) is 6.20 Å². The van der Waals surface area contributed by atoms with E-state index in [-0.39, 0.29) is 5.91 Å². The lowest BCUT2D eigenvalue weighted by Gasteiger charge is -2.23. The predicted octanol–water partition coefficient (Wildman–Crippen LogP) is 6.39. The molecule has 0 spiro atoms. The van der Waals surface area contributed by atoms with Gasteiger partial charge in [-0.1, -0.05) is 48.5 Å². The van der Waals surface area contributed by atoms with Crippen LogP contribution in [0.2, 0.25) is 0 Å². The van der Waals surface area contributed by atoms with E-state index in [1.165, 1.54) is 11.3 Å². The molecule has 0 unspecified atom stereocenters. The maximum Gasteiger partial charge on any atom is 0.268 e. The van der Waals surface area contributed by atoms with Gasteiger partial charge >= 0.3 is 0 Å². The molecule has 2 heterocycles. The monoisotopic (exact) mass is 435 g/mol. The quantitative estimate of drug-likeness (QED) is 0.325. The van der Waals surface area contributed by atoms with Gasteiger partial charge in [0.15, 0.2) is 0 Å². The number of nitrogens with two attached hydrogens (primary N) is 1. The highest BCUT2D eigenvalue weighted by Gasteiger charge is 2.20. The van der Waals surface area contributed by atoms with Crippen molar-refractivity contribution in [3.05, 3.63) is 114 Å². The third-order valence-corrected chi connectivity index (χ3v) is 6.48. The van der Waals surface area contributed by atoms with Gasteiger partial charge in [0.25, 0.3) is 5.91 Å². The standard InChI is InChI=1S/C27H21N3OS/c28-23-11-13-24(14-12-23)30(27(31)26-16-21-4-1-2-6-25(21)32-26)18-19-7-9-20(10-8-19)22-5-3-15-29-17-22/h1-17H,18,28H2. The first-order valence-electron chi connectivity index (χ1n) is 10.3. The fourth-order valence-corrected chi connectivity index (χ4v) is 4.69. The van der Waals surface area contributed by atoms with Crippen LogP contribution < -0.4 is 10.6 Å². The number of rotatable bonds is 5. The molecule has 0 aliphatic carbocycles. The van der Waals surface area contributed by atoms with Crippen LogP contribution in [0.25, 0.3) is 21.2 Å². The average Bonchev–Trinajstić information content (AvgIpc) is 3.28. The average molecular weight is 436 g/mol. The molecule has 5 rings (SSSR count). The maximum atomic E-state index is 13.6. The zero-order chi connectivity index (χ0) is 21.9. The third kappa shape index (κ3) is 4.11. The van der Waals surface area contributed by atoms with Crippen LogP contribution in [0.3, 0.4) is 0 Å². The highest BCUT2D eigenvalue weighted by atomic mass is 32.1. The van der Waals surface area contributed by atoms with Gasteiger partial charge in [0.05, 0.1) is 11.4 Å². The number of hydrogen-bond donors (Lipinski definition) is 1. The van der Waals surface area contributed by atoms with Gasteiger partial charge in [-0.25, -0.2) is 0 Å². The number of pyridine rings is 1. The van der Waals surface area contributed by atoms with Crippen LogP contribution in [-0.2, 0) is 6.54 Å². The summed E-state index contributed by atoms with van der Waals surface area (Å²) in [5.41, 5.74) is 10.6. The minimum atomic E-state index is -0.0210. The molecular weight excluding hydrogens is 414 g/mol. The number of fused-ring (bicyclic) bond motifs is 1. The van der Waals surface area contributed by atoms with Crippen LogP contribution in [0.1, 0.15) is 15.2 Å². The summed E-state index contributed by atoms with van der Waals surface area (Å²) in [6.45, 7) is 0.463. The highest BCUT2D eigenvalue weighted by molar-refractivity contribution is 7.20. The number of carbonyl (C=O) groups is 1. The molecule has 4 nitrogen and oxygen atoms in total. The molecule has 0 fully saturated rings. The molecular formula is C27H21N3OS. The van der Waals surface area contributed by atoms with Crippen molar-refractivity contribution in [2.24, 2.45) is 0 Å². The van der Waals surface area contributed by atoms with E-state index < -0.39 is 0 Å². The topological polar surface area (TPSA) is 59.2 Å². The number of amides is 1. The minimum Gasteiger partial charge on any atom is -0.399 e. The van der Waals surface area contributed by atoms with E-state index >= 15 is 0 Å². The number of thiophene rings is 1. The molecule has 0 aliphatic heterocycles. The lowest BCUT2D eigenvalue weighted by Crippen LogP contribution is -2.29. The lowest BCUT2D eigenvalue weighted by atomic mass is 10.1. The van der Waals surface area contributed by atoms with Crippen LogP contribution in [-0.4, -0.2) is 10.9 Å². The molecule has 2 N–H and O–H groups in total. The normalized spacial score (nSPS) is 10.9. The number of hydrogen-bond acceptors (Lipinski definition) is 4. The van der Waals surface area contributed by atoms with Crippen molar-refractivity contribution in [3.8, 4) is 11.1 Å². The number of benzene rings is 3. The molecule has 3 aromatic carbocycles. The van der Waals surface area contributed by atoms with Crippen LogP contribution in [0.5, 0.6) is 0 Å². The fraction of sp³-hybridized carbons (Fsp3) is 0.0370. The molecule has 32 heavy (non-hydrogen) atoms. The molecule has 5 aromatic rings. The van der Waals surface area contributed by atoms with E-state index in [4.69, 9.17) is 5.73 Å². The Bertz CT molecular complexity index is 1330. The van der Waals surface area contributed by atoms with Gasteiger partial charge in [-0.05, 0) is 64.5 Å². The molecule has 0 saturated carbocycles. The summed E-state index contributed by atoms with van der Waals surface area (Å²) in [6, 6.07) is 29.7. The number of nitrogens with zero attached hydrogens (tertiary/aromatic N) is 2. The second-order valence-corrected chi connectivity index (χ2v) is 8.65. The van der Waals surface area contributed by atoms with Gasteiger partial charge < -0.3 is 10.6 Å². The second kappa shape index (κ2) is 8.65. The summed E-state index contributed by atoms with van der Waals surface area (Å²) < 4.78 is 1.11. The van der Waals surface area contributed by atoms with Crippen LogP contribution >= 0.6 is 11.3 Å². The largest absolute Gasteiger partial charge is 0.399 e. The van der Waals surface area contributed by atoms with E-state index in [2.05, 4.69) is 29.2 Å². The second-order valence-electron chi connectivity index (χ2n) is 7.57. The third-order valence-electron chi connectivity index (χ3n) is 5.38. The minimum absolute atomic E-state index is 0.0210. The van der Waals surface area contributed by atoms with Crippen LogP contribution in [0.4, 0.5) is 11.4 Å². The molecule has 2 aromatic heterocycles. The van der Waals surface area contributed by atoms with E-state index in [9.17, 15) is 4.79 Å². The Morgan fingerprint density at radius 2 is 1.66 bits per heavy atom. The summed E-state index contributed by atoms with van der Waals surface area (Å²) in [4.78, 5) is 20.3. The Hall–Kier alpha value is -3.96. The molecule has 156 valence electrons. The van der Waals surface area contributed by atoms with Gasteiger partial charge in [0, 0.05) is 28.5 Å². The van der Waals surface area contributed by atoms with Crippen molar-refractivity contribution in [1.82, 2.24) is 4.98 Å². The fourth-order valence-electron chi connectivity index (χ4n) is 3.67. The van der Waals surface area contributed by atoms with Crippen molar-refractivity contribution in [2.45, 2.75) is 6.54 Å². The molecule has 1 amide bonds. The first-order chi connectivity index (χ1) is 15.7. The number of aromatic nitrogens is 1. The molecule has 0 bridgehead atoms. The summed E-state index contributed by atoms with van der Waals surface area (Å²) in [7, 11) is 0. The summed E-state index contributed by atoms with van der Waals surface area (Å²) in [5, 5.41) is 1.08. The van der Waals surface area contributed by atoms with Crippen molar-refractivity contribution in [1.29, 1.82) is 0 Å². The van der Waals surface area contributed by atoms with Crippen molar-refractivity contribution >= 4 is 38.7 Å². The van der Waals surface area contributed by atoms with Gasteiger partial charge in [0.2, 0.25) is 0 Å². The first-order valence-corrected chi connectivity index (χ1v) is 11.1. The summed E-state index contributed by atoms with van der Waals surface area (Å²) in [6.07, 6.45) is 3.61.